The van der Waals surface area contributed by atoms with Crippen LogP contribution in [0, 0.1) is 22.9 Å². The summed E-state index contributed by atoms with van der Waals surface area (Å²) in [6.07, 6.45) is 0. The molecule has 0 aliphatic heterocycles. The average Bonchev–Trinajstić information content (AvgIpc) is 2.70. The van der Waals surface area contributed by atoms with Crippen molar-refractivity contribution in [2.45, 2.75) is 19.9 Å². The van der Waals surface area contributed by atoms with Crippen LogP contribution in [0.15, 0.2) is 59.4 Å². The van der Waals surface area contributed by atoms with E-state index in [0.717, 1.165) is 4.68 Å². The number of benzene rings is 2. The Morgan fingerprint density at radius 3 is 2.52 bits per heavy atom. The molecule has 2 aromatic carbocycles. The monoisotopic (exact) mass is 396 g/mol. The zero-order valence-corrected chi connectivity index (χ0v) is 15.6. The maximum absolute atomic E-state index is 13.1. The third-order valence-electron chi connectivity index (χ3n) is 4.40. The van der Waals surface area contributed by atoms with E-state index in [0.29, 0.717) is 16.8 Å². The number of nitrogens with zero attached hydrogens (tertiary/aromatic N) is 3. The van der Waals surface area contributed by atoms with Gasteiger partial charge in [0.15, 0.2) is 0 Å². The van der Waals surface area contributed by atoms with Crippen LogP contribution in [-0.4, -0.2) is 20.6 Å². The molecular formula is C20H17FN4O4. The second-order valence-electron chi connectivity index (χ2n) is 6.43. The molecule has 0 radical (unpaired) electrons. The zero-order chi connectivity index (χ0) is 21.1. The van der Waals surface area contributed by atoms with Crippen molar-refractivity contribution < 1.29 is 14.1 Å². The molecule has 0 aliphatic rings. The largest absolute Gasteiger partial charge is 0.324 e. The van der Waals surface area contributed by atoms with Crippen LogP contribution < -0.4 is 10.9 Å². The SMILES string of the molecule is Cc1ccc([N+](=O)[O-])cc1NC(=O)C(C)n1nc(-c2ccc(F)cc2)ccc1=O. The van der Waals surface area contributed by atoms with E-state index in [1.165, 1.54) is 61.5 Å². The molecule has 148 valence electrons. The first-order valence-electron chi connectivity index (χ1n) is 8.68. The third kappa shape index (κ3) is 4.34. The zero-order valence-electron chi connectivity index (χ0n) is 15.6. The van der Waals surface area contributed by atoms with Crippen LogP contribution in [0.3, 0.4) is 0 Å². The predicted octanol–water partition coefficient (Wildman–Crippen LogP) is 3.47. The first-order valence-corrected chi connectivity index (χ1v) is 8.68. The number of non-ortho nitro benzene ring substituents is 1. The summed E-state index contributed by atoms with van der Waals surface area (Å²) in [4.78, 5) is 35.3. The van der Waals surface area contributed by atoms with Crippen LogP contribution in [0.5, 0.6) is 0 Å². The van der Waals surface area contributed by atoms with E-state index >= 15 is 0 Å². The second-order valence-corrected chi connectivity index (χ2v) is 6.43. The van der Waals surface area contributed by atoms with Crippen LogP contribution in [0.2, 0.25) is 0 Å². The first-order chi connectivity index (χ1) is 13.8. The number of anilines is 1. The molecule has 29 heavy (non-hydrogen) atoms. The Morgan fingerprint density at radius 2 is 1.86 bits per heavy atom. The lowest BCUT2D eigenvalue weighted by Crippen LogP contribution is -2.33. The Balaban J connectivity index is 1.89. The Hall–Kier alpha value is -3.88. The molecule has 1 aromatic heterocycles. The van der Waals surface area contributed by atoms with Crippen molar-refractivity contribution in [3.05, 3.63) is 86.4 Å². The summed E-state index contributed by atoms with van der Waals surface area (Å²) < 4.78 is 14.1. The number of hydrogen-bond donors (Lipinski definition) is 1. The van der Waals surface area contributed by atoms with Gasteiger partial charge in [0.2, 0.25) is 5.91 Å². The van der Waals surface area contributed by atoms with Gasteiger partial charge in [0, 0.05) is 23.8 Å². The molecule has 3 aromatic rings. The smallest absolute Gasteiger partial charge is 0.271 e. The lowest BCUT2D eigenvalue weighted by molar-refractivity contribution is -0.384. The van der Waals surface area contributed by atoms with E-state index in [4.69, 9.17) is 0 Å². The highest BCUT2D eigenvalue weighted by Crippen LogP contribution is 2.23. The molecular weight excluding hydrogens is 379 g/mol. The first kappa shape index (κ1) is 19.9. The molecule has 1 atom stereocenters. The van der Waals surface area contributed by atoms with Gasteiger partial charge in [-0.2, -0.15) is 5.10 Å². The van der Waals surface area contributed by atoms with Crippen molar-refractivity contribution in [1.82, 2.24) is 9.78 Å². The number of carbonyl (C=O) groups excluding carboxylic acids is 1. The van der Waals surface area contributed by atoms with Crippen LogP contribution in [0.4, 0.5) is 15.8 Å². The molecule has 9 heteroatoms. The summed E-state index contributed by atoms with van der Waals surface area (Å²) >= 11 is 0. The highest BCUT2D eigenvalue weighted by molar-refractivity contribution is 5.94. The summed E-state index contributed by atoms with van der Waals surface area (Å²) in [5.74, 6) is -0.957. The average molecular weight is 396 g/mol. The number of rotatable bonds is 5. The number of halogens is 1. The number of nitro benzene ring substituents is 1. The fraction of sp³-hybridized carbons (Fsp3) is 0.150. The van der Waals surface area contributed by atoms with Gasteiger partial charge in [-0.3, -0.25) is 19.7 Å². The summed E-state index contributed by atoms with van der Waals surface area (Å²) in [6.45, 7) is 3.19. The fourth-order valence-corrected chi connectivity index (χ4v) is 2.68. The number of aryl methyl sites for hydroxylation is 1. The van der Waals surface area contributed by atoms with Gasteiger partial charge >= 0.3 is 0 Å². The van der Waals surface area contributed by atoms with Gasteiger partial charge in [-0.15, -0.1) is 0 Å². The number of aromatic nitrogens is 2. The number of nitrogens with one attached hydrogen (secondary N) is 1. The summed E-state index contributed by atoms with van der Waals surface area (Å²) in [7, 11) is 0. The van der Waals surface area contributed by atoms with E-state index in [-0.39, 0.29) is 11.4 Å². The maximum atomic E-state index is 13.1. The van der Waals surface area contributed by atoms with Gasteiger partial charge in [-0.1, -0.05) is 6.07 Å². The second kappa shape index (κ2) is 8.01. The lowest BCUT2D eigenvalue weighted by Gasteiger charge is -2.16. The minimum absolute atomic E-state index is 0.160. The van der Waals surface area contributed by atoms with Crippen molar-refractivity contribution in [3.63, 3.8) is 0 Å². The number of amides is 1. The Bertz CT molecular complexity index is 1140. The third-order valence-corrected chi connectivity index (χ3v) is 4.40. The fourth-order valence-electron chi connectivity index (χ4n) is 2.68. The highest BCUT2D eigenvalue weighted by Gasteiger charge is 2.20. The quantitative estimate of drug-likeness (QED) is 0.525. The Morgan fingerprint density at radius 1 is 1.17 bits per heavy atom. The van der Waals surface area contributed by atoms with Crippen molar-refractivity contribution in [3.8, 4) is 11.3 Å². The van der Waals surface area contributed by atoms with E-state index < -0.39 is 28.2 Å². The minimum atomic E-state index is -0.985. The van der Waals surface area contributed by atoms with E-state index in [1.807, 2.05) is 0 Å². The normalized spacial score (nSPS) is 11.7. The molecule has 0 saturated heterocycles. The van der Waals surface area contributed by atoms with Crippen LogP contribution in [-0.2, 0) is 4.79 Å². The van der Waals surface area contributed by atoms with E-state index in [9.17, 15) is 24.1 Å². The number of carbonyl (C=O) groups is 1. The van der Waals surface area contributed by atoms with Gasteiger partial charge in [0.05, 0.1) is 16.3 Å². The van der Waals surface area contributed by atoms with Crippen LogP contribution in [0.1, 0.15) is 18.5 Å². The maximum Gasteiger partial charge on any atom is 0.271 e. The minimum Gasteiger partial charge on any atom is -0.324 e. The van der Waals surface area contributed by atoms with E-state index in [2.05, 4.69) is 10.4 Å². The molecule has 3 rings (SSSR count). The van der Waals surface area contributed by atoms with Gasteiger partial charge in [0.25, 0.3) is 11.2 Å². The summed E-state index contributed by atoms with van der Waals surface area (Å²) in [5, 5.41) is 17.8. The molecule has 1 N–H and O–H groups in total. The molecule has 0 aliphatic carbocycles. The Kier molecular flexibility index (Phi) is 5.49. The molecule has 0 spiro atoms. The Labute approximate surface area is 164 Å². The topological polar surface area (TPSA) is 107 Å². The van der Waals surface area contributed by atoms with Gasteiger partial charge < -0.3 is 5.32 Å². The lowest BCUT2D eigenvalue weighted by atomic mass is 10.1. The molecule has 8 nitrogen and oxygen atoms in total. The van der Waals surface area contributed by atoms with Gasteiger partial charge in [-0.05, 0) is 49.7 Å². The number of nitro groups is 1. The molecule has 1 heterocycles. The summed E-state index contributed by atoms with van der Waals surface area (Å²) in [6, 6.07) is 11.5. The number of hydrogen-bond acceptors (Lipinski definition) is 5. The standard InChI is InChI=1S/C20H17FN4O4/c1-12-3-8-16(25(28)29)11-18(12)22-20(27)13(2)24-19(26)10-9-17(23-24)14-4-6-15(21)7-5-14/h3-11,13H,1-2H3,(H,22,27). The molecule has 0 bridgehead atoms. The highest BCUT2D eigenvalue weighted by atomic mass is 19.1. The molecule has 0 fully saturated rings. The molecule has 1 amide bonds. The molecule has 1 unspecified atom stereocenters. The van der Waals surface area contributed by atoms with Gasteiger partial charge in [-0.25, -0.2) is 9.07 Å². The summed E-state index contributed by atoms with van der Waals surface area (Å²) in [5.41, 5.74) is 1.25. The van der Waals surface area contributed by atoms with Gasteiger partial charge in [0.1, 0.15) is 11.9 Å². The van der Waals surface area contributed by atoms with Crippen molar-refractivity contribution >= 4 is 17.3 Å². The van der Waals surface area contributed by atoms with Crippen LogP contribution >= 0.6 is 0 Å². The van der Waals surface area contributed by atoms with Crippen molar-refractivity contribution in [2.24, 2.45) is 0 Å². The van der Waals surface area contributed by atoms with Crippen molar-refractivity contribution in [1.29, 1.82) is 0 Å². The van der Waals surface area contributed by atoms with E-state index in [1.54, 1.807) is 6.92 Å². The van der Waals surface area contributed by atoms with Crippen LogP contribution in [0.25, 0.3) is 11.3 Å². The molecule has 0 saturated carbocycles. The van der Waals surface area contributed by atoms with Crippen molar-refractivity contribution in [2.75, 3.05) is 5.32 Å². The predicted molar refractivity (Wildman–Crippen MR) is 105 cm³/mol.